The van der Waals surface area contributed by atoms with Crippen molar-refractivity contribution in [1.29, 1.82) is 5.26 Å². The number of carbonyl (C=O) groups excluding carboxylic acids is 1. The van der Waals surface area contributed by atoms with Gasteiger partial charge in [0.1, 0.15) is 23.2 Å². The van der Waals surface area contributed by atoms with Gasteiger partial charge >= 0.3 is 0 Å². The molecule has 0 saturated carbocycles. The first kappa shape index (κ1) is 15.9. The molecule has 0 atom stereocenters. The third kappa shape index (κ3) is 3.41. The highest BCUT2D eigenvalue weighted by molar-refractivity contribution is 9.10. The van der Waals surface area contributed by atoms with Crippen molar-refractivity contribution < 1.29 is 13.9 Å². The highest BCUT2D eigenvalue weighted by Crippen LogP contribution is 2.23. The molecule has 22 heavy (non-hydrogen) atoms. The lowest BCUT2D eigenvalue weighted by atomic mass is 10.0. The van der Waals surface area contributed by atoms with Crippen molar-refractivity contribution in [3.05, 3.63) is 69.5 Å². The van der Waals surface area contributed by atoms with E-state index < -0.39 is 11.6 Å². The molecule has 0 fully saturated rings. The van der Waals surface area contributed by atoms with Crippen LogP contribution in [0.15, 0.2) is 52.5 Å². The first-order valence-electron chi connectivity index (χ1n) is 6.31. The van der Waals surface area contributed by atoms with Crippen LogP contribution in [0.2, 0.25) is 0 Å². The van der Waals surface area contributed by atoms with Crippen molar-refractivity contribution in [2.45, 2.75) is 0 Å². The van der Waals surface area contributed by atoms with Crippen molar-refractivity contribution in [3.63, 3.8) is 0 Å². The molecule has 0 aliphatic rings. The molecular weight excluding hydrogens is 349 g/mol. The fourth-order valence-corrected chi connectivity index (χ4v) is 2.29. The Morgan fingerprint density at radius 3 is 2.68 bits per heavy atom. The number of para-hydroxylation sites is 1. The Kier molecular flexibility index (Phi) is 5.08. The van der Waals surface area contributed by atoms with Gasteiger partial charge in [-0.2, -0.15) is 5.26 Å². The summed E-state index contributed by atoms with van der Waals surface area (Å²) >= 11 is 3.07. The maximum Gasteiger partial charge on any atom is 0.207 e. The van der Waals surface area contributed by atoms with Crippen LogP contribution in [-0.2, 0) is 0 Å². The van der Waals surface area contributed by atoms with Gasteiger partial charge in [-0.05, 0) is 51.8 Å². The number of rotatable bonds is 4. The predicted octanol–water partition coefficient (Wildman–Crippen LogP) is 4.39. The second-order valence-corrected chi connectivity index (χ2v) is 5.23. The van der Waals surface area contributed by atoms with E-state index >= 15 is 0 Å². The minimum Gasteiger partial charge on any atom is -0.496 e. The average molecular weight is 360 g/mol. The van der Waals surface area contributed by atoms with Crippen LogP contribution in [0.1, 0.15) is 15.9 Å². The molecule has 3 nitrogen and oxygen atoms in total. The number of hydrogen-bond donors (Lipinski definition) is 0. The minimum atomic E-state index is -0.444. The van der Waals surface area contributed by atoms with Gasteiger partial charge in [0.2, 0.25) is 5.78 Å². The fraction of sp³-hybridized carbons (Fsp3) is 0.0588. The van der Waals surface area contributed by atoms with Crippen LogP contribution in [-0.4, -0.2) is 12.9 Å². The van der Waals surface area contributed by atoms with Gasteiger partial charge in [0.15, 0.2) is 0 Å². The summed E-state index contributed by atoms with van der Waals surface area (Å²) in [5, 5.41) is 9.24. The van der Waals surface area contributed by atoms with Crippen LogP contribution in [0.5, 0.6) is 5.75 Å². The van der Waals surface area contributed by atoms with Crippen molar-refractivity contribution >= 4 is 27.8 Å². The Balaban J connectivity index is 2.43. The van der Waals surface area contributed by atoms with E-state index in [4.69, 9.17) is 4.74 Å². The van der Waals surface area contributed by atoms with Crippen LogP contribution in [0.25, 0.3) is 6.08 Å². The number of halogens is 2. The molecule has 0 aromatic heterocycles. The number of nitrogens with zero attached hydrogens (tertiary/aromatic N) is 1. The Morgan fingerprint density at radius 1 is 1.32 bits per heavy atom. The lowest BCUT2D eigenvalue weighted by Gasteiger charge is -2.06. The van der Waals surface area contributed by atoms with Crippen molar-refractivity contribution in [2.24, 2.45) is 0 Å². The monoisotopic (exact) mass is 359 g/mol. The number of ketones is 1. The first-order chi connectivity index (χ1) is 10.6. The maximum atomic E-state index is 13.2. The highest BCUT2D eigenvalue weighted by Gasteiger charge is 2.16. The minimum absolute atomic E-state index is 0.0528. The van der Waals surface area contributed by atoms with E-state index in [0.29, 0.717) is 16.9 Å². The zero-order valence-electron chi connectivity index (χ0n) is 11.6. The van der Waals surface area contributed by atoms with E-state index in [-0.39, 0.29) is 10.0 Å². The molecule has 0 radical (unpaired) electrons. The number of hydrogen-bond acceptors (Lipinski definition) is 3. The Morgan fingerprint density at radius 2 is 2.05 bits per heavy atom. The topological polar surface area (TPSA) is 50.1 Å². The molecule has 2 aromatic rings. The van der Waals surface area contributed by atoms with Crippen molar-refractivity contribution in [1.82, 2.24) is 0 Å². The van der Waals surface area contributed by atoms with E-state index in [0.717, 1.165) is 0 Å². The number of methoxy groups -OCH3 is 1. The molecule has 0 N–H and O–H groups in total. The van der Waals surface area contributed by atoms with Crippen LogP contribution < -0.4 is 4.74 Å². The molecule has 0 heterocycles. The number of allylic oxidation sites excluding steroid dienone is 1. The number of nitriles is 1. The zero-order chi connectivity index (χ0) is 16.1. The zero-order valence-corrected chi connectivity index (χ0v) is 13.2. The maximum absolute atomic E-state index is 13.2. The van der Waals surface area contributed by atoms with Crippen LogP contribution in [0, 0.1) is 17.1 Å². The molecule has 0 amide bonds. The predicted molar refractivity (Wildman–Crippen MR) is 85.0 cm³/mol. The molecule has 2 aromatic carbocycles. The number of Topliss-reactive ketones (excluding diaryl/α,β-unsaturated/α-hetero) is 1. The summed E-state index contributed by atoms with van der Waals surface area (Å²) in [4.78, 5) is 12.5. The van der Waals surface area contributed by atoms with Crippen LogP contribution in [0.3, 0.4) is 0 Å². The molecule has 5 heteroatoms. The van der Waals surface area contributed by atoms with Gasteiger partial charge in [-0.1, -0.05) is 18.2 Å². The summed E-state index contributed by atoms with van der Waals surface area (Å²) in [5.41, 5.74) is 0.801. The standard InChI is InChI=1S/C17H11BrFNO2/c1-22-16-5-3-2-4-13(16)17(21)12(10-20)8-11-6-7-15(19)14(18)9-11/h2-9H,1H3/b12-8+. The SMILES string of the molecule is COc1ccccc1C(=O)/C(C#N)=C/c1ccc(F)c(Br)c1. The molecule has 110 valence electrons. The summed E-state index contributed by atoms with van der Waals surface area (Å²) in [7, 11) is 1.46. The van der Waals surface area contributed by atoms with Crippen LogP contribution in [0.4, 0.5) is 4.39 Å². The molecule has 0 unspecified atom stereocenters. The van der Waals surface area contributed by atoms with Crippen LogP contribution >= 0.6 is 15.9 Å². The van der Waals surface area contributed by atoms with Gasteiger partial charge in [0.05, 0.1) is 17.1 Å². The lowest BCUT2D eigenvalue weighted by Crippen LogP contribution is -2.04. The third-order valence-corrected chi connectivity index (χ3v) is 3.58. The van der Waals surface area contributed by atoms with E-state index in [9.17, 15) is 14.4 Å². The highest BCUT2D eigenvalue weighted by atomic mass is 79.9. The molecule has 0 saturated heterocycles. The Labute approximate surface area is 135 Å². The fourth-order valence-electron chi connectivity index (χ4n) is 1.89. The normalized spacial score (nSPS) is 10.9. The van der Waals surface area contributed by atoms with Gasteiger partial charge in [-0.3, -0.25) is 4.79 Å². The number of ether oxygens (including phenoxy) is 1. The summed E-state index contributed by atoms with van der Waals surface area (Å²) in [6.07, 6.45) is 1.42. The summed E-state index contributed by atoms with van der Waals surface area (Å²) < 4.78 is 18.6. The number of carbonyl (C=O) groups is 1. The van der Waals surface area contributed by atoms with Crippen molar-refractivity contribution in [2.75, 3.05) is 7.11 Å². The van der Waals surface area contributed by atoms with Gasteiger partial charge in [0.25, 0.3) is 0 Å². The second-order valence-electron chi connectivity index (χ2n) is 4.37. The van der Waals surface area contributed by atoms with Gasteiger partial charge in [0, 0.05) is 0 Å². The second kappa shape index (κ2) is 7.01. The summed E-state index contributed by atoms with van der Waals surface area (Å²) in [6, 6.07) is 12.8. The summed E-state index contributed by atoms with van der Waals surface area (Å²) in [5.74, 6) is -0.457. The van der Waals surface area contributed by atoms with Gasteiger partial charge in [-0.15, -0.1) is 0 Å². The van der Waals surface area contributed by atoms with E-state index in [1.165, 1.54) is 31.4 Å². The largest absolute Gasteiger partial charge is 0.496 e. The number of benzene rings is 2. The molecular formula is C17H11BrFNO2. The molecule has 0 spiro atoms. The molecule has 2 rings (SSSR count). The van der Waals surface area contributed by atoms with Crippen molar-refractivity contribution in [3.8, 4) is 11.8 Å². The van der Waals surface area contributed by atoms with E-state index in [1.54, 1.807) is 24.3 Å². The molecule has 0 aliphatic heterocycles. The Hall–Kier alpha value is -2.45. The summed E-state index contributed by atoms with van der Waals surface area (Å²) in [6.45, 7) is 0. The molecule has 0 bridgehead atoms. The van der Waals surface area contributed by atoms with Gasteiger partial charge in [-0.25, -0.2) is 4.39 Å². The van der Waals surface area contributed by atoms with E-state index in [2.05, 4.69) is 15.9 Å². The Bertz CT molecular complexity index is 793. The quantitative estimate of drug-likeness (QED) is 0.462. The smallest absolute Gasteiger partial charge is 0.207 e. The first-order valence-corrected chi connectivity index (χ1v) is 7.10. The average Bonchev–Trinajstić information content (AvgIpc) is 2.55. The lowest BCUT2D eigenvalue weighted by molar-refractivity contribution is 0.103. The third-order valence-electron chi connectivity index (χ3n) is 2.97. The molecule has 0 aliphatic carbocycles. The van der Waals surface area contributed by atoms with E-state index in [1.807, 2.05) is 6.07 Å². The van der Waals surface area contributed by atoms with Gasteiger partial charge < -0.3 is 4.74 Å².